The van der Waals surface area contributed by atoms with Gasteiger partial charge in [-0.1, -0.05) is 24.3 Å². The molecule has 4 heteroatoms. The number of carbonyl (C=O) groups is 1. The van der Waals surface area contributed by atoms with E-state index < -0.39 is 0 Å². The molecule has 0 aliphatic rings. The molecule has 2 rings (SSSR count). The Bertz CT molecular complexity index is 638. The number of aryl methyl sites for hydroxylation is 1. The van der Waals surface area contributed by atoms with Crippen molar-refractivity contribution in [2.24, 2.45) is 0 Å². The van der Waals surface area contributed by atoms with Crippen LogP contribution in [0.4, 0.5) is 11.4 Å². The van der Waals surface area contributed by atoms with Crippen LogP contribution in [0.15, 0.2) is 42.5 Å². The molecule has 0 fully saturated rings. The van der Waals surface area contributed by atoms with Gasteiger partial charge >= 0.3 is 0 Å². The Balaban J connectivity index is 2.14. The summed E-state index contributed by atoms with van der Waals surface area (Å²) in [7, 11) is 0. The summed E-state index contributed by atoms with van der Waals surface area (Å²) in [5.41, 5.74) is 10.4. The second-order valence-corrected chi connectivity index (χ2v) is 4.94. The minimum Gasteiger partial charge on any atom is -0.397 e. The molecule has 0 heterocycles. The molecule has 0 unspecified atom stereocenters. The maximum Gasteiger partial charge on any atom is 0.251 e. The Hall–Kier alpha value is -2.49. The Morgan fingerprint density at radius 1 is 1.19 bits per heavy atom. The van der Waals surface area contributed by atoms with Gasteiger partial charge in [-0.3, -0.25) is 4.79 Å². The van der Waals surface area contributed by atoms with E-state index in [4.69, 9.17) is 5.73 Å². The van der Waals surface area contributed by atoms with Crippen LogP contribution in [-0.2, 0) is 6.54 Å². The normalized spacial score (nSPS) is 10.2. The van der Waals surface area contributed by atoms with Crippen molar-refractivity contribution < 1.29 is 4.79 Å². The Morgan fingerprint density at radius 2 is 1.95 bits per heavy atom. The molecule has 0 spiro atoms. The fraction of sp³-hybridized carbons (Fsp3) is 0.235. The summed E-state index contributed by atoms with van der Waals surface area (Å²) in [6.45, 7) is 5.25. The molecular formula is C17H21N3O. The van der Waals surface area contributed by atoms with Crippen molar-refractivity contribution in [2.75, 3.05) is 17.6 Å². The lowest BCUT2D eigenvalue weighted by Gasteiger charge is -2.12. The monoisotopic (exact) mass is 283 g/mol. The molecular weight excluding hydrogens is 262 g/mol. The summed E-state index contributed by atoms with van der Waals surface area (Å²) in [6.07, 6.45) is 0. The van der Waals surface area contributed by atoms with Crippen LogP contribution in [0.3, 0.4) is 0 Å². The second kappa shape index (κ2) is 6.79. The van der Waals surface area contributed by atoms with Crippen LogP contribution in [0.25, 0.3) is 0 Å². The third kappa shape index (κ3) is 3.75. The zero-order valence-electron chi connectivity index (χ0n) is 12.4. The van der Waals surface area contributed by atoms with E-state index >= 15 is 0 Å². The van der Waals surface area contributed by atoms with Crippen LogP contribution < -0.4 is 16.4 Å². The Labute approximate surface area is 125 Å². The van der Waals surface area contributed by atoms with Crippen molar-refractivity contribution in [2.45, 2.75) is 20.4 Å². The number of nitrogens with one attached hydrogen (secondary N) is 2. The van der Waals surface area contributed by atoms with E-state index in [-0.39, 0.29) is 5.91 Å². The van der Waals surface area contributed by atoms with Gasteiger partial charge in [-0.2, -0.15) is 0 Å². The van der Waals surface area contributed by atoms with Crippen molar-refractivity contribution in [1.29, 1.82) is 0 Å². The maximum atomic E-state index is 11.9. The molecule has 0 atom stereocenters. The van der Waals surface area contributed by atoms with Crippen LogP contribution in [0.1, 0.15) is 28.4 Å². The zero-order chi connectivity index (χ0) is 15.2. The maximum absolute atomic E-state index is 11.9. The van der Waals surface area contributed by atoms with Crippen LogP contribution in [0, 0.1) is 6.92 Å². The number of benzene rings is 2. The second-order valence-electron chi connectivity index (χ2n) is 4.94. The number of nitrogen functional groups attached to an aromatic ring is 1. The summed E-state index contributed by atoms with van der Waals surface area (Å²) < 4.78 is 0. The van der Waals surface area contributed by atoms with Crippen molar-refractivity contribution in [1.82, 2.24) is 5.32 Å². The number of hydrogen-bond donors (Lipinski definition) is 3. The summed E-state index contributed by atoms with van der Waals surface area (Å²) in [5, 5.41) is 6.09. The quantitative estimate of drug-likeness (QED) is 0.739. The standard InChI is InChI=1S/C17H21N3O/c1-3-19-17(21)13-8-9-15(18)16(10-13)20-11-14-7-5-4-6-12(14)2/h4-10,20H,3,11,18H2,1-2H3,(H,19,21). The van der Waals surface area contributed by atoms with Gasteiger partial charge in [-0.15, -0.1) is 0 Å². The number of amides is 1. The number of carbonyl (C=O) groups excluding carboxylic acids is 1. The number of hydrogen-bond acceptors (Lipinski definition) is 3. The molecule has 4 N–H and O–H groups in total. The van der Waals surface area contributed by atoms with Crippen molar-refractivity contribution in [3.8, 4) is 0 Å². The molecule has 4 nitrogen and oxygen atoms in total. The van der Waals surface area contributed by atoms with Crippen LogP contribution in [-0.4, -0.2) is 12.5 Å². The van der Waals surface area contributed by atoms with E-state index in [9.17, 15) is 4.79 Å². The summed E-state index contributed by atoms with van der Waals surface area (Å²) in [4.78, 5) is 11.9. The van der Waals surface area contributed by atoms with Crippen molar-refractivity contribution in [3.05, 3.63) is 59.2 Å². The van der Waals surface area contributed by atoms with Gasteiger partial charge < -0.3 is 16.4 Å². The molecule has 0 saturated carbocycles. The van der Waals surface area contributed by atoms with Gasteiger partial charge in [-0.25, -0.2) is 0 Å². The fourth-order valence-electron chi connectivity index (χ4n) is 2.11. The molecule has 0 saturated heterocycles. The molecule has 2 aromatic carbocycles. The topological polar surface area (TPSA) is 67.2 Å². The fourth-order valence-corrected chi connectivity index (χ4v) is 2.11. The van der Waals surface area contributed by atoms with E-state index in [2.05, 4.69) is 29.7 Å². The van der Waals surface area contributed by atoms with E-state index in [0.29, 0.717) is 24.3 Å². The Kier molecular flexibility index (Phi) is 4.82. The smallest absolute Gasteiger partial charge is 0.251 e. The minimum absolute atomic E-state index is 0.0866. The number of nitrogens with two attached hydrogens (primary N) is 1. The van der Waals surface area contributed by atoms with Crippen molar-refractivity contribution >= 4 is 17.3 Å². The molecule has 0 aliphatic heterocycles. The lowest BCUT2D eigenvalue weighted by Crippen LogP contribution is -2.22. The number of rotatable bonds is 5. The highest BCUT2D eigenvalue weighted by Crippen LogP contribution is 2.21. The first kappa shape index (κ1) is 14.9. The van der Waals surface area contributed by atoms with Crippen molar-refractivity contribution in [3.63, 3.8) is 0 Å². The van der Waals surface area contributed by atoms with Gasteiger partial charge in [0.2, 0.25) is 0 Å². The third-order valence-corrected chi connectivity index (χ3v) is 3.38. The first-order chi connectivity index (χ1) is 10.1. The first-order valence-electron chi connectivity index (χ1n) is 7.08. The lowest BCUT2D eigenvalue weighted by atomic mass is 10.1. The van der Waals surface area contributed by atoms with E-state index in [0.717, 1.165) is 5.69 Å². The zero-order valence-corrected chi connectivity index (χ0v) is 12.4. The highest BCUT2D eigenvalue weighted by atomic mass is 16.1. The summed E-state index contributed by atoms with van der Waals surface area (Å²) in [6, 6.07) is 13.5. The molecule has 2 aromatic rings. The van der Waals surface area contributed by atoms with E-state index in [1.54, 1.807) is 18.2 Å². The molecule has 110 valence electrons. The largest absolute Gasteiger partial charge is 0.397 e. The minimum atomic E-state index is -0.0866. The Morgan fingerprint density at radius 3 is 2.67 bits per heavy atom. The highest BCUT2D eigenvalue weighted by Gasteiger charge is 2.07. The molecule has 0 bridgehead atoms. The van der Waals surface area contributed by atoms with E-state index in [1.165, 1.54) is 11.1 Å². The number of anilines is 2. The molecule has 1 amide bonds. The van der Waals surface area contributed by atoms with Crippen LogP contribution >= 0.6 is 0 Å². The lowest BCUT2D eigenvalue weighted by molar-refractivity contribution is 0.0956. The molecule has 0 aromatic heterocycles. The van der Waals surface area contributed by atoms with Gasteiger partial charge in [-0.05, 0) is 43.2 Å². The van der Waals surface area contributed by atoms with Gasteiger partial charge in [0.25, 0.3) is 5.91 Å². The van der Waals surface area contributed by atoms with Gasteiger partial charge in [0.05, 0.1) is 11.4 Å². The third-order valence-electron chi connectivity index (χ3n) is 3.38. The predicted octanol–water partition coefficient (Wildman–Crippen LogP) is 2.94. The van der Waals surface area contributed by atoms with Crippen LogP contribution in [0.2, 0.25) is 0 Å². The molecule has 21 heavy (non-hydrogen) atoms. The van der Waals surface area contributed by atoms with Gasteiger partial charge in [0.15, 0.2) is 0 Å². The average molecular weight is 283 g/mol. The first-order valence-corrected chi connectivity index (χ1v) is 7.08. The molecule has 0 radical (unpaired) electrons. The van der Waals surface area contributed by atoms with Gasteiger partial charge in [0.1, 0.15) is 0 Å². The van der Waals surface area contributed by atoms with Gasteiger partial charge in [0, 0.05) is 18.7 Å². The van der Waals surface area contributed by atoms with Crippen LogP contribution in [0.5, 0.6) is 0 Å². The summed E-state index contributed by atoms with van der Waals surface area (Å²) in [5.74, 6) is -0.0866. The predicted molar refractivity (Wildman–Crippen MR) is 87.4 cm³/mol. The SMILES string of the molecule is CCNC(=O)c1ccc(N)c(NCc2ccccc2C)c1. The van der Waals surface area contributed by atoms with E-state index in [1.807, 2.05) is 19.1 Å². The highest BCUT2D eigenvalue weighted by molar-refractivity contribution is 5.96. The average Bonchev–Trinajstić information content (AvgIpc) is 2.48. The summed E-state index contributed by atoms with van der Waals surface area (Å²) >= 11 is 0. The molecule has 0 aliphatic carbocycles.